The van der Waals surface area contributed by atoms with Crippen LogP contribution >= 0.6 is 11.3 Å². The first kappa shape index (κ1) is 15.0. The molecule has 1 aliphatic rings. The molecule has 1 amide bonds. The second-order valence-corrected chi connectivity index (χ2v) is 6.73. The van der Waals surface area contributed by atoms with E-state index in [9.17, 15) is 9.59 Å². The van der Waals surface area contributed by atoms with Gasteiger partial charge < -0.3 is 10.1 Å². The smallest absolute Gasteiger partial charge is 0.348 e. The van der Waals surface area contributed by atoms with E-state index in [1.807, 2.05) is 26.8 Å². The van der Waals surface area contributed by atoms with Crippen molar-refractivity contribution in [2.75, 3.05) is 6.61 Å². The zero-order chi connectivity index (χ0) is 14.7. The van der Waals surface area contributed by atoms with Gasteiger partial charge in [0.25, 0.3) is 5.91 Å². The van der Waals surface area contributed by atoms with Crippen LogP contribution in [0, 0.1) is 5.92 Å². The Morgan fingerprint density at radius 1 is 1.35 bits per heavy atom. The van der Waals surface area contributed by atoms with Gasteiger partial charge in [0.2, 0.25) is 0 Å². The second-order valence-electron chi connectivity index (χ2n) is 5.59. The van der Waals surface area contributed by atoms with Crippen LogP contribution in [0.15, 0.2) is 6.07 Å². The molecule has 0 saturated carbocycles. The molecule has 0 radical (unpaired) electrons. The molecule has 0 unspecified atom stereocenters. The summed E-state index contributed by atoms with van der Waals surface area (Å²) < 4.78 is 5.07. The van der Waals surface area contributed by atoms with Gasteiger partial charge in [-0.2, -0.15) is 0 Å². The number of thiophene rings is 1. The van der Waals surface area contributed by atoms with E-state index < -0.39 is 5.97 Å². The predicted molar refractivity (Wildman–Crippen MR) is 79.1 cm³/mol. The van der Waals surface area contributed by atoms with Gasteiger partial charge in [0.1, 0.15) is 4.88 Å². The van der Waals surface area contributed by atoms with Crippen molar-refractivity contribution < 1.29 is 14.3 Å². The molecule has 0 spiro atoms. The Kier molecular flexibility index (Phi) is 4.81. The van der Waals surface area contributed by atoms with Crippen molar-refractivity contribution in [3.05, 3.63) is 21.4 Å². The molecule has 0 saturated heterocycles. The topological polar surface area (TPSA) is 55.4 Å². The van der Waals surface area contributed by atoms with Gasteiger partial charge in [-0.15, -0.1) is 11.3 Å². The molecule has 1 N–H and O–H groups in total. The van der Waals surface area contributed by atoms with Gasteiger partial charge in [-0.05, 0) is 43.7 Å². The molecule has 5 heteroatoms. The molecule has 20 heavy (non-hydrogen) atoms. The molecule has 1 heterocycles. The molecule has 1 atom stereocenters. The number of rotatable bonds is 5. The second kappa shape index (κ2) is 6.39. The Bertz CT molecular complexity index is 486. The van der Waals surface area contributed by atoms with Crippen molar-refractivity contribution in [1.29, 1.82) is 0 Å². The Balaban J connectivity index is 1.81. The quantitative estimate of drug-likeness (QED) is 0.849. The standard InChI is InChI=1S/C15H21NO3S/c1-9(2)10(3)16-14(17)8-19-15(18)13-7-11-5-4-6-12(11)20-13/h7,9-10H,4-6,8H2,1-3H3,(H,16,17)/t10-/m1/s1. The number of carbonyl (C=O) groups is 2. The highest BCUT2D eigenvalue weighted by atomic mass is 32.1. The average Bonchev–Trinajstić information content (AvgIpc) is 2.96. The first-order chi connectivity index (χ1) is 9.47. The lowest BCUT2D eigenvalue weighted by Gasteiger charge is -2.17. The van der Waals surface area contributed by atoms with E-state index in [-0.39, 0.29) is 18.6 Å². The normalized spacial score (nSPS) is 15.0. The van der Waals surface area contributed by atoms with Crippen molar-refractivity contribution in [2.24, 2.45) is 5.92 Å². The fourth-order valence-electron chi connectivity index (χ4n) is 2.09. The van der Waals surface area contributed by atoms with Crippen LogP contribution in [0.1, 0.15) is 47.3 Å². The lowest BCUT2D eigenvalue weighted by atomic mass is 10.1. The first-order valence-corrected chi connectivity index (χ1v) is 7.87. The highest BCUT2D eigenvalue weighted by molar-refractivity contribution is 7.14. The van der Waals surface area contributed by atoms with Crippen LogP contribution in [0.2, 0.25) is 0 Å². The van der Waals surface area contributed by atoms with Crippen molar-refractivity contribution in [3.8, 4) is 0 Å². The van der Waals surface area contributed by atoms with Crippen LogP contribution in [-0.2, 0) is 22.4 Å². The van der Waals surface area contributed by atoms with E-state index in [2.05, 4.69) is 5.32 Å². The molecule has 0 fully saturated rings. The largest absolute Gasteiger partial charge is 0.451 e. The van der Waals surface area contributed by atoms with Gasteiger partial charge in [-0.1, -0.05) is 13.8 Å². The summed E-state index contributed by atoms with van der Waals surface area (Å²) in [5.41, 5.74) is 1.26. The number of hydrogen-bond donors (Lipinski definition) is 1. The molecule has 0 aliphatic heterocycles. The zero-order valence-corrected chi connectivity index (χ0v) is 13.0. The number of ether oxygens (including phenoxy) is 1. The Morgan fingerprint density at radius 3 is 2.75 bits per heavy atom. The molecule has 0 aromatic carbocycles. The van der Waals surface area contributed by atoms with Crippen LogP contribution in [0.5, 0.6) is 0 Å². The minimum absolute atomic E-state index is 0.0757. The summed E-state index contributed by atoms with van der Waals surface area (Å²) >= 11 is 1.49. The maximum Gasteiger partial charge on any atom is 0.348 e. The number of aryl methyl sites for hydroxylation is 2. The van der Waals surface area contributed by atoms with E-state index in [4.69, 9.17) is 4.74 Å². The molecule has 0 bridgehead atoms. The fourth-order valence-corrected chi connectivity index (χ4v) is 3.24. The molecular weight excluding hydrogens is 274 g/mol. The highest BCUT2D eigenvalue weighted by Crippen LogP contribution is 2.30. The van der Waals surface area contributed by atoms with Crippen LogP contribution < -0.4 is 5.32 Å². The van der Waals surface area contributed by atoms with Crippen LogP contribution in [0.3, 0.4) is 0 Å². The van der Waals surface area contributed by atoms with Crippen LogP contribution in [-0.4, -0.2) is 24.5 Å². The van der Waals surface area contributed by atoms with E-state index in [0.29, 0.717) is 10.8 Å². The lowest BCUT2D eigenvalue weighted by Crippen LogP contribution is -2.38. The monoisotopic (exact) mass is 295 g/mol. The molecular formula is C15H21NO3S. The summed E-state index contributed by atoms with van der Waals surface area (Å²) in [5, 5.41) is 2.81. The third-order valence-corrected chi connectivity index (χ3v) is 4.89. The van der Waals surface area contributed by atoms with Gasteiger partial charge in [-0.3, -0.25) is 4.79 Å². The number of fused-ring (bicyclic) bond motifs is 1. The van der Waals surface area contributed by atoms with Crippen molar-refractivity contribution >= 4 is 23.2 Å². The highest BCUT2D eigenvalue weighted by Gasteiger charge is 2.20. The summed E-state index contributed by atoms with van der Waals surface area (Å²) in [7, 11) is 0. The number of amides is 1. The van der Waals surface area contributed by atoms with E-state index >= 15 is 0 Å². The van der Waals surface area contributed by atoms with Gasteiger partial charge in [0, 0.05) is 10.9 Å². The number of hydrogen-bond acceptors (Lipinski definition) is 4. The number of esters is 1. The van der Waals surface area contributed by atoms with Crippen molar-refractivity contribution in [2.45, 2.75) is 46.1 Å². The fraction of sp³-hybridized carbons (Fsp3) is 0.600. The SMILES string of the molecule is CC(C)[C@@H](C)NC(=O)COC(=O)c1cc2c(s1)CCC2. The summed E-state index contributed by atoms with van der Waals surface area (Å²) in [5.74, 6) is -0.282. The predicted octanol–water partition coefficient (Wildman–Crippen LogP) is 2.55. The zero-order valence-electron chi connectivity index (χ0n) is 12.2. The van der Waals surface area contributed by atoms with Gasteiger partial charge in [0.15, 0.2) is 6.61 Å². The Hall–Kier alpha value is -1.36. The maximum atomic E-state index is 11.9. The average molecular weight is 295 g/mol. The third kappa shape index (κ3) is 3.60. The molecule has 2 rings (SSSR count). The summed E-state index contributed by atoms with van der Waals surface area (Å²) in [6.45, 7) is 5.79. The Labute approximate surface area is 123 Å². The van der Waals surface area contributed by atoms with Gasteiger partial charge in [-0.25, -0.2) is 4.79 Å². The third-order valence-electron chi connectivity index (χ3n) is 3.67. The minimum atomic E-state index is -0.392. The van der Waals surface area contributed by atoms with E-state index in [0.717, 1.165) is 12.8 Å². The van der Waals surface area contributed by atoms with Crippen LogP contribution in [0.4, 0.5) is 0 Å². The molecule has 110 valence electrons. The minimum Gasteiger partial charge on any atom is -0.451 e. The maximum absolute atomic E-state index is 11.9. The Morgan fingerprint density at radius 2 is 2.10 bits per heavy atom. The van der Waals surface area contributed by atoms with Gasteiger partial charge >= 0.3 is 5.97 Å². The summed E-state index contributed by atoms with van der Waals surface area (Å²) in [4.78, 5) is 25.4. The van der Waals surface area contributed by atoms with Crippen molar-refractivity contribution in [1.82, 2.24) is 5.32 Å². The van der Waals surface area contributed by atoms with E-state index in [1.54, 1.807) is 0 Å². The molecule has 1 aromatic rings. The number of carbonyl (C=O) groups excluding carboxylic acids is 2. The number of nitrogens with one attached hydrogen (secondary N) is 1. The first-order valence-electron chi connectivity index (χ1n) is 7.05. The van der Waals surface area contributed by atoms with E-state index in [1.165, 1.54) is 28.2 Å². The van der Waals surface area contributed by atoms with Gasteiger partial charge in [0.05, 0.1) is 0 Å². The molecule has 1 aromatic heterocycles. The summed E-state index contributed by atoms with van der Waals surface area (Å²) in [6.07, 6.45) is 3.27. The lowest BCUT2D eigenvalue weighted by molar-refractivity contribution is -0.125. The van der Waals surface area contributed by atoms with Crippen molar-refractivity contribution in [3.63, 3.8) is 0 Å². The molecule has 4 nitrogen and oxygen atoms in total. The molecule has 1 aliphatic carbocycles. The summed E-state index contributed by atoms with van der Waals surface area (Å²) in [6, 6.07) is 1.98. The van der Waals surface area contributed by atoms with Crippen LogP contribution in [0.25, 0.3) is 0 Å².